The molecule has 1 amide bonds. The minimum Gasteiger partial charge on any atom is -0.350 e. The van der Waals surface area contributed by atoms with Gasteiger partial charge in [0.15, 0.2) is 5.69 Å². The number of nitrogens with zero attached hydrogens (tertiary/aromatic N) is 4. The van der Waals surface area contributed by atoms with Crippen molar-refractivity contribution in [3.05, 3.63) is 47.5 Å². The molecule has 1 aromatic carbocycles. The normalized spacial score (nSPS) is 17.0. The van der Waals surface area contributed by atoms with Crippen molar-refractivity contribution in [1.82, 2.24) is 25.2 Å². The smallest absolute Gasteiger partial charge is 0.273 e. The van der Waals surface area contributed by atoms with E-state index in [1.165, 1.54) is 6.07 Å². The molecule has 3 rings (SSSR count). The summed E-state index contributed by atoms with van der Waals surface area (Å²) in [7, 11) is 0. The zero-order valence-corrected chi connectivity index (χ0v) is 16.9. The predicted octanol–water partition coefficient (Wildman–Crippen LogP) is 3.07. The highest BCUT2D eigenvalue weighted by Crippen LogP contribution is 2.24. The Balaban J connectivity index is 1.51. The first-order chi connectivity index (χ1) is 13.4. The third-order valence-corrected chi connectivity index (χ3v) is 5.38. The minimum absolute atomic E-state index is 0.130. The number of carbonyl (C=O) groups excluding carboxylic acids is 1. The van der Waals surface area contributed by atoms with E-state index in [1.54, 1.807) is 12.3 Å². The molecule has 6 nitrogen and oxygen atoms in total. The van der Waals surface area contributed by atoms with E-state index in [1.807, 2.05) is 16.8 Å². The van der Waals surface area contributed by atoms with E-state index in [0.29, 0.717) is 24.6 Å². The SMILES string of the molecule is CC(C)CNC(=O)c1cn(C2CCN([C@H](C)Cc3ccccc3F)CC2)nn1. The fourth-order valence-electron chi connectivity index (χ4n) is 3.65. The topological polar surface area (TPSA) is 63.1 Å². The summed E-state index contributed by atoms with van der Waals surface area (Å²) < 4.78 is 15.7. The van der Waals surface area contributed by atoms with E-state index in [4.69, 9.17) is 0 Å². The number of benzene rings is 1. The molecule has 1 aliphatic rings. The second-order valence-electron chi connectivity index (χ2n) is 8.10. The molecule has 1 aliphatic heterocycles. The van der Waals surface area contributed by atoms with E-state index >= 15 is 0 Å². The number of piperidine rings is 1. The van der Waals surface area contributed by atoms with Gasteiger partial charge in [-0.3, -0.25) is 4.79 Å². The average molecular weight is 388 g/mol. The molecular formula is C21H30FN5O. The highest BCUT2D eigenvalue weighted by Gasteiger charge is 2.25. The van der Waals surface area contributed by atoms with Crippen molar-refractivity contribution in [2.75, 3.05) is 19.6 Å². The lowest BCUT2D eigenvalue weighted by Crippen LogP contribution is -2.41. The molecule has 1 N–H and O–H groups in total. The molecule has 1 atom stereocenters. The highest BCUT2D eigenvalue weighted by molar-refractivity contribution is 5.91. The van der Waals surface area contributed by atoms with Crippen LogP contribution in [0, 0.1) is 11.7 Å². The maximum absolute atomic E-state index is 13.9. The van der Waals surface area contributed by atoms with E-state index < -0.39 is 0 Å². The van der Waals surface area contributed by atoms with Crippen molar-refractivity contribution in [3.63, 3.8) is 0 Å². The quantitative estimate of drug-likeness (QED) is 0.793. The van der Waals surface area contributed by atoms with E-state index in [2.05, 4.69) is 41.3 Å². The number of nitrogens with one attached hydrogen (secondary N) is 1. The Morgan fingerprint density at radius 1 is 1.25 bits per heavy atom. The van der Waals surface area contributed by atoms with Gasteiger partial charge in [-0.2, -0.15) is 0 Å². The van der Waals surface area contributed by atoms with Crippen LogP contribution in [0.5, 0.6) is 0 Å². The molecule has 1 saturated heterocycles. The maximum Gasteiger partial charge on any atom is 0.273 e. The van der Waals surface area contributed by atoms with Gasteiger partial charge >= 0.3 is 0 Å². The van der Waals surface area contributed by atoms with E-state index in [9.17, 15) is 9.18 Å². The third-order valence-electron chi connectivity index (χ3n) is 5.38. The zero-order valence-electron chi connectivity index (χ0n) is 16.9. The molecule has 0 spiro atoms. The number of rotatable bonds is 7. The van der Waals surface area contributed by atoms with Crippen LogP contribution in [0.1, 0.15) is 55.7 Å². The van der Waals surface area contributed by atoms with Gasteiger partial charge in [0.05, 0.1) is 12.2 Å². The van der Waals surface area contributed by atoms with Gasteiger partial charge in [0, 0.05) is 25.7 Å². The number of amides is 1. The van der Waals surface area contributed by atoms with Crippen molar-refractivity contribution in [1.29, 1.82) is 0 Å². The van der Waals surface area contributed by atoms with Gasteiger partial charge in [-0.05, 0) is 43.7 Å². The molecule has 0 unspecified atom stereocenters. The molecule has 7 heteroatoms. The second kappa shape index (κ2) is 9.28. The predicted molar refractivity (Wildman–Crippen MR) is 107 cm³/mol. The Hall–Kier alpha value is -2.28. The lowest BCUT2D eigenvalue weighted by Gasteiger charge is -2.36. The van der Waals surface area contributed by atoms with Crippen LogP contribution in [0.4, 0.5) is 4.39 Å². The Bertz CT molecular complexity index is 783. The van der Waals surface area contributed by atoms with Crippen molar-refractivity contribution >= 4 is 5.91 Å². The summed E-state index contributed by atoms with van der Waals surface area (Å²) in [5.74, 6) is 0.0979. The first-order valence-electron chi connectivity index (χ1n) is 10.1. The highest BCUT2D eigenvalue weighted by atomic mass is 19.1. The average Bonchev–Trinajstić information content (AvgIpc) is 3.18. The fraction of sp³-hybridized carbons (Fsp3) is 0.571. The molecule has 28 heavy (non-hydrogen) atoms. The van der Waals surface area contributed by atoms with Gasteiger partial charge in [0.25, 0.3) is 5.91 Å². The molecule has 1 fully saturated rings. The number of halogens is 1. The van der Waals surface area contributed by atoms with Crippen LogP contribution in [-0.4, -0.2) is 51.5 Å². The van der Waals surface area contributed by atoms with Crippen LogP contribution in [0.2, 0.25) is 0 Å². The summed E-state index contributed by atoms with van der Waals surface area (Å²) in [6.45, 7) is 8.74. The molecule has 0 radical (unpaired) electrons. The molecule has 0 saturated carbocycles. The number of hydrogen-bond acceptors (Lipinski definition) is 4. The molecule has 2 aromatic rings. The maximum atomic E-state index is 13.9. The Morgan fingerprint density at radius 2 is 1.96 bits per heavy atom. The van der Waals surface area contributed by atoms with Gasteiger partial charge in [-0.1, -0.05) is 37.3 Å². The molecule has 0 aliphatic carbocycles. The Morgan fingerprint density at radius 3 is 2.64 bits per heavy atom. The van der Waals surface area contributed by atoms with Gasteiger partial charge in [0.2, 0.25) is 0 Å². The van der Waals surface area contributed by atoms with Crippen molar-refractivity contribution in [2.45, 2.75) is 52.1 Å². The van der Waals surface area contributed by atoms with Gasteiger partial charge in [-0.25, -0.2) is 9.07 Å². The van der Waals surface area contributed by atoms with Crippen molar-refractivity contribution in [3.8, 4) is 0 Å². The van der Waals surface area contributed by atoms with Crippen LogP contribution in [0.25, 0.3) is 0 Å². The first kappa shape index (κ1) is 20.5. The lowest BCUT2D eigenvalue weighted by molar-refractivity contribution is 0.0944. The number of aromatic nitrogens is 3. The first-order valence-corrected chi connectivity index (χ1v) is 10.1. The van der Waals surface area contributed by atoms with Crippen LogP contribution < -0.4 is 5.32 Å². The molecule has 152 valence electrons. The third kappa shape index (κ3) is 5.16. The van der Waals surface area contributed by atoms with Crippen LogP contribution >= 0.6 is 0 Å². The van der Waals surface area contributed by atoms with E-state index in [-0.39, 0.29) is 23.8 Å². The van der Waals surface area contributed by atoms with Gasteiger partial charge in [-0.15, -0.1) is 5.10 Å². The number of carbonyl (C=O) groups is 1. The Kier molecular flexibility index (Phi) is 6.78. The van der Waals surface area contributed by atoms with Gasteiger partial charge in [0.1, 0.15) is 5.82 Å². The lowest BCUT2D eigenvalue weighted by atomic mass is 10.00. The standard InChI is InChI=1S/C21H30FN5O/c1-15(2)13-23-21(28)20-14-27(25-24-20)18-8-10-26(11-9-18)16(3)12-17-6-4-5-7-19(17)22/h4-7,14-16,18H,8-13H2,1-3H3,(H,23,28)/t16-/m1/s1. The van der Waals surface area contributed by atoms with E-state index in [0.717, 1.165) is 31.5 Å². The largest absolute Gasteiger partial charge is 0.350 e. The van der Waals surface area contributed by atoms with Crippen LogP contribution in [-0.2, 0) is 6.42 Å². The zero-order chi connectivity index (χ0) is 20.1. The van der Waals surface area contributed by atoms with Crippen LogP contribution in [0.15, 0.2) is 30.5 Å². The summed E-state index contributed by atoms with van der Waals surface area (Å²) in [6.07, 6.45) is 4.34. The van der Waals surface area contributed by atoms with Crippen molar-refractivity contribution in [2.24, 2.45) is 5.92 Å². The molecular weight excluding hydrogens is 357 g/mol. The monoisotopic (exact) mass is 387 g/mol. The Labute approximate surface area is 166 Å². The summed E-state index contributed by atoms with van der Waals surface area (Å²) in [4.78, 5) is 14.5. The molecule has 0 bridgehead atoms. The fourth-order valence-corrected chi connectivity index (χ4v) is 3.65. The van der Waals surface area contributed by atoms with Gasteiger partial charge < -0.3 is 10.2 Å². The molecule has 2 heterocycles. The summed E-state index contributed by atoms with van der Waals surface area (Å²) in [5.41, 5.74) is 1.14. The number of hydrogen-bond donors (Lipinski definition) is 1. The summed E-state index contributed by atoms with van der Waals surface area (Å²) in [5, 5.41) is 11.1. The second-order valence-corrected chi connectivity index (χ2v) is 8.10. The minimum atomic E-state index is -0.170. The summed E-state index contributed by atoms with van der Waals surface area (Å²) >= 11 is 0. The van der Waals surface area contributed by atoms with Crippen molar-refractivity contribution < 1.29 is 9.18 Å². The molecule has 1 aromatic heterocycles. The van der Waals surface area contributed by atoms with Crippen LogP contribution in [0.3, 0.4) is 0 Å². The summed E-state index contributed by atoms with van der Waals surface area (Å²) in [6, 6.07) is 7.52. The number of likely N-dealkylation sites (tertiary alicyclic amines) is 1.